The average molecular weight is 417 g/mol. The second-order valence-electron chi connectivity index (χ2n) is 7.37. The van der Waals surface area contributed by atoms with Crippen molar-refractivity contribution < 1.29 is 14.3 Å². The third-order valence-electron chi connectivity index (χ3n) is 5.67. The zero-order chi connectivity index (χ0) is 18.5. The van der Waals surface area contributed by atoms with E-state index in [-0.39, 0.29) is 30.3 Å². The maximum atomic E-state index is 12.9. The highest BCUT2D eigenvalue weighted by Crippen LogP contribution is 2.42. The first kappa shape index (κ1) is 22.3. The van der Waals surface area contributed by atoms with Crippen LogP contribution in [0.4, 0.5) is 5.69 Å². The van der Waals surface area contributed by atoms with Crippen molar-refractivity contribution in [3.05, 3.63) is 23.2 Å². The van der Waals surface area contributed by atoms with Crippen LogP contribution in [0.15, 0.2) is 18.2 Å². The summed E-state index contributed by atoms with van der Waals surface area (Å²) in [6, 6.07) is 5.55. The van der Waals surface area contributed by atoms with Gasteiger partial charge >= 0.3 is 0 Å². The molecule has 0 spiro atoms. The Labute approximate surface area is 172 Å². The number of nitrogens with one attached hydrogen (secondary N) is 1. The molecule has 0 saturated heterocycles. The van der Waals surface area contributed by atoms with E-state index in [4.69, 9.17) is 26.8 Å². The molecule has 0 aliphatic heterocycles. The fourth-order valence-corrected chi connectivity index (χ4v) is 4.49. The SMILES string of the molecule is CCOCCOc1ccc(Cl)cc1NC(=O)C1CC2CCCC(C1)C2N.Cl. The summed E-state index contributed by atoms with van der Waals surface area (Å²) < 4.78 is 11.1. The smallest absolute Gasteiger partial charge is 0.227 e. The van der Waals surface area contributed by atoms with Gasteiger partial charge in [-0.15, -0.1) is 12.4 Å². The van der Waals surface area contributed by atoms with E-state index in [1.807, 2.05) is 6.92 Å². The summed E-state index contributed by atoms with van der Waals surface area (Å²) in [4.78, 5) is 12.9. The molecule has 0 heterocycles. The number of benzene rings is 1. The first-order chi connectivity index (χ1) is 12.6. The third-order valence-corrected chi connectivity index (χ3v) is 5.91. The second-order valence-corrected chi connectivity index (χ2v) is 7.81. The Hall–Kier alpha value is -1.01. The number of amides is 1. The van der Waals surface area contributed by atoms with Crippen molar-refractivity contribution in [3.8, 4) is 5.75 Å². The molecule has 2 aliphatic rings. The fourth-order valence-electron chi connectivity index (χ4n) is 4.32. The highest BCUT2D eigenvalue weighted by atomic mass is 35.5. The van der Waals surface area contributed by atoms with Crippen LogP contribution < -0.4 is 15.8 Å². The van der Waals surface area contributed by atoms with Crippen molar-refractivity contribution in [2.75, 3.05) is 25.1 Å². The molecular formula is C20H30Cl2N2O3. The van der Waals surface area contributed by atoms with Crippen molar-refractivity contribution in [3.63, 3.8) is 0 Å². The number of hydrogen-bond acceptors (Lipinski definition) is 4. The molecule has 152 valence electrons. The van der Waals surface area contributed by atoms with Crippen molar-refractivity contribution in [1.82, 2.24) is 0 Å². The van der Waals surface area contributed by atoms with Gasteiger partial charge in [0.15, 0.2) is 0 Å². The maximum Gasteiger partial charge on any atom is 0.227 e. The van der Waals surface area contributed by atoms with Crippen molar-refractivity contribution in [1.29, 1.82) is 0 Å². The van der Waals surface area contributed by atoms with Crippen LogP contribution in [0.5, 0.6) is 5.75 Å². The number of fused-ring (bicyclic) bond motifs is 2. The van der Waals surface area contributed by atoms with E-state index in [2.05, 4.69) is 5.32 Å². The Morgan fingerprint density at radius 3 is 2.63 bits per heavy atom. The molecule has 2 saturated carbocycles. The van der Waals surface area contributed by atoms with E-state index in [0.717, 1.165) is 25.7 Å². The Balaban J connectivity index is 0.00000261. The number of carbonyl (C=O) groups excluding carboxylic acids is 1. The van der Waals surface area contributed by atoms with Gasteiger partial charge in [-0.1, -0.05) is 18.0 Å². The molecule has 3 rings (SSSR count). The molecule has 2 bridgehead atoms. The van der Waals surface area contributed by atoms with E-state index in [9.17, 15) is 4.79 Å². The van der Waals surface area contributed by atoms with Gasteiger partial charge in [0.2, 0.25) is 5.91 Å². The molecule has 1 aromatic carbocycles. The van der Waals surface area contributed by atoms with Gasteiger partial charge in [-0.25, -0.2) is 0 Å². The van der Waals surface area contributed by atoms with E-state index in [1.165, 1.54) is 6.42 Å². The molecule has 1 aromatic rings. The topological polar surface area (TPSA) is 73.6 Å². The van der Waals surface area contributed by atoms with Gasteiger partial charge < -0.3 is 20.5 Å². The van der Waals surface area contributed by atoms with Crippen LogP contribution >= 0.6 is 24.0 Å². The van der Waals surface area contributed by atoms with Gasteiger partial charge in [-0.05, 0) is 62.6 Å². The Bertz CT molecular complexity index is 615. The minimum Gasteiger partial charge on any atom is -0.489 e. The summed E-state index contributed by atoms with van der Waals surface area (Å²) in [5, 5.41) is 3.61. The average Bonchev–Trinajstić information content (AvgIpc) is 2.60. The van der Waals surface area contributed by atoms with Crippen LogP contribution in [-0.4, -0.2) is 31.8 Å². The van der Waals surface area contributed by atoms with Crippen LogP contribution in [0.2, 0.25) is 5.02 Å². The minimum atomic E-state index is 0. The van der Waals surface area contributed by atoms with E-state index in [1.54, 1.807) is 18.2 Å². The normalized spacial score (nSPS) is 26.8. The number of carbonyl (C=O) groups is 1. The molecule has 27 heavy (non-hydrogen) atoms. The molecular weight excluding hydrogens is 387 g/mol. The first-order valence-electron chi connectivity index (χ1n) is 9.65. The summed E-state index contributed by atoms with van der Waals surface area (Å²) in [5.41, 5.74) is 6.97. The molecule has 1 amide bonds. The van der Waals surface area contributed by atoms with Gasteiger partial charge in [0, 0.05) is 23.6 Å². The van der Waals surface area contributed by atoms with Gasteiger partial charge in [-0.2, -0.15) is 0 Å². The summed E-state index contributed by atoms with van der Waals surface area (Å²) in [6.45, 7) is 3.54. The largest absolute Gasteiger partial charge is 0.489 e. The number of anilines is 1. The molecule has 2 unspecified atom stereocenters. The summed E-state index contributed by atoms with van der Waals surface area (Å²) >= 11 is 6.12. The molecule has 0 aromatic heterocycles. The molecule has 2 fully saturated rings. The molecule has 3 N–H and O–H groups in total. The predicted molar refractivity (Wildman–Crippen MR) is 111 cm³/mol. The lowest BCUT2D eigenvalue weighted by molar-refractivity contribution is -0.122. The molecule has 5 nitrogen and oxygen atoms in total. The van der Waals surface area contributed by atoms with Gasteiger partial charge in [0.1, 0.15) is 12.4 Å². The molecule has 7 heteroatoms. The highest BCUT2D eigenvalue weighted by Gasteiger charge is 2.40. The predicted octanol–water partition coefficient (Wildman–Crippen LogP) is 4.27. The lowest BCUT2D eigenvalue weighted by Crippen LogP contribution is -2.48. The lowest BCUT2D eigenvalue weighted by Gasteiger charge is -2.43. The van der Waals surface area contributed by atoms with Gasteiger partial charge in [0.05, 0.1) is 12.3 Å². The Kier molecular flexibility index (Phi) is 8.67. The number of hydrogen-bond donors (Lipinski definition) is 2. The van der Waals surface area contributed by atoms with Gasteiger partial charge in [0.25, 0.3) is 0 Å². The zero-order valence-electron chi connectivity index (χ0n) is 15.8. The Morgan fingerprint density at radius 2 is 1.96 bits per heavy atom. The number of nitrogens with two attached hydrogens (primary N) is 1. The zero-order valence-corrected chi connectivity index (χ0v) is 17.4. The molecule has 2 atom stereocenters. The van der Waals surface area contributed by atoms with Crippen LogP contribution in [0, 0.1) is 17.8 Å². The molecule has 0 radical (unpaired) electrons. The van der Waals surface area contributed by atoms with Crippen molar-refractivity contribution in [2.24, 2.45) is 23.5 Å². The summed E-state index contributed by atoms with van der Waals surface area (Å²) in [6.07, 6.45) is 5.29. The van der Waals surface area contributed by atoms with E-state index in [0.29, 0.717) is 48.1 Å². The van der Waals surface area contributed by atoms with Crippen LogP contribution in [0.25, 0.3) is 0 Å². The van der Waals surface area contributed by atoms with Crippen LogP contribution in [0.3, 0.4) is 0 Å². The number of rotatable bonds is 7. The second kappa shape index (κ2) is 10.5. The number of ether oxygens (including phenoxy) is 2. The first-order valence-corrected chi connectivity index (χ1v) is 10.0. The summed E-state index contributed by atoms with van der Waals surface area (Å²) in [5.74, 6) is 1.63. The van der Waals surface area contributed by atoms with E-state index < -0.39 is 0 Å². The maximum absolute atomic E-state index is 12.9. The fraction of sp³-hybridized carbons (Fsp3) is 0.650. The summed E-state index contributed by atoms with van der Waals surface area (Å²) in [7, 11) is 0. The number of halogens is 2. The lowest BCUT2D eigenvalue weighted by atomic mass is 9.65. The quantitative estimate of drug-likeness (QED) is 0.650. The monoisotopic (exact) mass is 416 g/mol. The van der Waals surface area contributed by atoms with Gasteiger partial charge in [-0.3, -0.25) is 4.79 Å². The van der Waals surface area contributed by atoms with E-state index >= 15 is 0 Å². The van der Waals surface area contributed by atoms with Crippen LogP contribution in [0.1, 0.15) is 39.0 Å². The Morgan fingerprint density at radius 1 is 1.26 bits per heavy atom. The van der Waals surface area contributed by atoms with Crippen LogP contribution in [-0.2, 0) is 9.53 Å². The third kappa shape index (κ3) is 5.74. The minimum absolute atomic E-state index is 0. The standard InChI is InChI=1S/C20H29ClN2O3.ClH/c1-2-25-8-9-26-18-7-6-16(21)12-17(18)23-20(24)15-10-13-4-3-5-14(11-15)19(13)22;/h6-7,12-15,19H,2-5,8-11,22H2,1H3,(H,23,24);1H. The highest BCUT2D eigenvalue weighted by molar-refractivity contribution is 6.31. The van der Waals surface area contributed by atoms with Crippen molar-refractivity contribution >= 4 is 35.6 Å². The van der Waals surface area contributed by atoms with Crippen molar-refractivity contribution in [2.45, 2.75) is 45.1 Å². The molecule has 2 aliphatic carbocycles.